The van der Waals surface area contributed by atoms with Gasteiger partial charge in [0.25, 0.3) is 5.91 Å². The molecular weight excluding hydrogens is 490 g/mol. The van der Waals surface area contributed by atoms with Crippen LogP contribution in [-0.4, -0.2) is 15.9 Å². The Labute approximate surface area is 177 Å². The third kappa shape index (κ3) is 4.10. The highest BCUT2D eigenvalue weighted by Gasteiger charge is 2.22. The zero-order valence-corrected chi connectivity index (χ0v) is 18.0. The highest BCUT2D eigenvalue weighted by Crippen LogP contribution is 2.32. The molecule has 0 aliphatic carbocycles. The van der Waals surface area contributed by atoms with E-state index in [4.69, 9.17) is 0 Å². The van der Waals surface area contributed by atoms with Gasteiger partial charge in [-0.15, -0.1) is 0 Å². The molecule has 4 rings (SSSR count). The Balaban J connectivity index is 1.76. The van der Waals surface area contributed by atoms with Gasteiger partial charge in [0.1, 0.15) is 0 Å². The molecule has 0 saturated carbocycles. The summed E-state index contributed by atoms with van der Waals surface area (Å²) >= 11 is 8.39. The quantitative estimate of drug-likeness (QED) is 0.340. The van der Waals surface area contributed by atoms with Crippen molar-refractivity contribution in [3.8, 4) is 0 Å². The van der Waals surface area contributed by atoms with Gasteiger partial charge in [0.15, 0.2) is 5.13 Å². The molecule has 0 bridgehead atoms. The van der Waals surface area contributed by atoms with Crippen molar-refractivity contribution >= 4 is 64.5 Å². The molecule has 0 unspecified atom stereocenters. The van der Waals surface area contributed by atoms with Gasteiger partial charge in [-0.2, -0.15) is 0 Å². The van der Waals surface area contributed by atoms with Gasteiger partial charge in [-0.1, -0.05) is 49.3 Å². The highest BCUT2D eigenvalue weighted by molar-refractivity contribution is 9.10. The van der Waals surface area contributed by atoms with Crippen LogP contribution in [0.5, 0.6) is 0 Å². The van der Waals surface area contributed by atoms with E-state index in [2.05, 4.69) is 41.8 Å². The van der Waals surface area contributed by atoms with E-state index in [-0.39, 0.29) is 5.91 Å². The zero-order chi connectivity index (χ0) is 18.8. The van der Waals surface area contributed by atoms with Gasteiger partial charge in [0.05, 0.1) is 22.5 Å². The molecule has 4 aromatic rings. The maximum atomic E-state index is 13.2. The maximum absolute atomic E-state index is 13.2. The summed E-state index contributed by atoms with van der Waals surface area (Å²) in [4.78, 5) is 24.0. The summed E-state index contributed by atoms with van der Waals surface area (Å²) in [5, 5.41) is 0.654. The molecular formula is C20H13Br2N3OS. The SMILES string of the molecule is O=C(c1ccc(Br)cc1)N(Cc1ccccn1)c1nc2ccc(Br)cc2s1. The van der Waals surface area contributed by atoms with Crippen LogP contribution in [0.2, 0.25) is 0 Å². The fourth-order valence-corrected chi connectivity index (χ4v) is 4.41. The van der Waals surface area contributed by atoms with Crippen LogP contribution in [0.25, 0.3) is 10.2 Å². The van der Waals surface area contributed by atoms with Crippen molar-refractivity contribution in [3.05, 3.63) is 87.1 Å². The number of anilines is 1. The van der Waals surface area contributed by atoms with Crippen molar-refractivity contribution in [1.82, 2.24) is 9.97 Å². The highest BCUT2D eigenvalue weighted by atomic mass is 79.9. The van der Waals surface area contributed by atoms with Crippen molar-refractivity contribution in [3.63, 3.8) is 0 Å². The number of amides is 1. The Kier molecular flexibility index (Phi) is 5.33. The Morgan fingerprint density at radius 3 is 2.52 bits per heavy atom. The summed E-state index contributed by atoms with van der Waals surface area (Å²) in [7, 11) is 0. The van der Waals surface area contributed by atoms with E-state index < -0.39 is 0 Å². The van der Waals surface area contributed by atoms with Crippen LogP contribution in [0, 0.1) is 0 Å². The number of thiazole rings is 1. The number of hydrogen-bond acceptors (Lipinski definition) is 4. The monoisotopic (exact) mass is 501 g/mol. The van der Waals surface area contributed by atoms with Gasteiger partial charge in [-0.05, 0) is 54.6 Å². The van der Waals surface area contributed by atoms with Gasteiger partial charge >= 0.3 is 0 Å². The van der Waals surface area contributed by atoms with E-state index in [1.807, 2.05) is 60.7 Å². The van der Waals surface area contributed by atoms with Gasteiger partial charge in [-0.3, -0.25) is 14.7 Å². The summed E-state index contributed by atoms with van der Waals surface area (Å²) in [5.41, 5.74) is 2.28. The van der Waals surface area contributed by atoms with Crippen LogP contribution in [0.1, 0.15) is 16.1 Å². The lowest BCUT2D eigenvalue weighted by Gasteiger charge is -2.19. The number of halogens is 2. The molecule has 1 amide bonds. The molecule has 2 heterocycles. The van der Waals surface area contributed by atoms with Gasteiger partial charge < -0.3 is 0 Å². The third-order valence-electron chi connectivity index (χ3n) is 3.95. The van der Waals surface area contributed by atoms with Gasteiger partial charge in [0, 0.05) is 20.7 Å². The standard InChI is InChI=1S/C20H13Br2N3OS/c21-14-6-4-13(5-7-14)19(26)25(12-16-3-1-2-10-23-16)20-24-17-9-8-15(22)11-18(17)27-20/h1-11H,12H2. The lowest BCUT2D eigenvalue weighted by Crippen LogP contribution is -2.30. The van der Waals surface area contributed by atoms with E-state index in [0.29, 0.717) is 17.2 Å². The van der Waals surface area contributed by atoms with E-state index >= 15 is 0 Å². The van der Waals surface area contributed by atoms with Crippen LogP contribution in [0.3, 0.4) is 0 Å². The van der Waals surface area contributed by atoms with Crippen molar-refractivity contribution in [2.45, 2.75) is 6.54 Å². The van der Waals surface area contributed by atoms with Crippen LogP contribution >= 0.6 is 43.2 Å². The number of carbonyl (C=O) groups excluding carboxylic acids is 1. The number of fused-ring (bicyclic) bond motifs is 1. The summed E-state index contributed by atoms with van der Waals surface area (Å²) in [6.45, 7) is 0.358. The minimum absolute atomic E-state index is 0.105. The number of carbonyl (C=O) groups is 1. The summed E-state index contributed by atoms with van der Waals surface area (Å²) < 4.78 is 2.94. The predicted molar refractivity (Wildman–Crippen MR) is 116 cm³/mol. The number of pyridine rings is 1. The Bertz CT molecular complexity index is 1100. The average Bonchev–Trinajstić information content (AvgIpc) is 3.10. The third-order valence-corrected chi connectivity index (χ3v) is 6.02. The second-order valence-electron chi connectivity index (χ2n) is 5.83. The van der Waals surface area contributed by atoms with Crippen molar-refractivity contribution in [1.29, 1.82) is 0 Å². The number of aromatic nitrogens is 2. The molecule has 0 fully saturated rings. The normalized spacial score (nSPS) is 10.9. The number of benzene rings is 2. The molecule has 0 N–H and O–H groups in total. The van der Waals surface area contributed by atoms with E-state index in [1.54, 1.807) is 11.1 Å². The Morgan fingerprint density at radius 2 is 1.78 bits per heavy atom. The average molecular weight is 503 g/mol. The Hall–Kier alpha value is -2.09. The fraction of sp³-hybridized carbons (Fsp3) is 0.0500. The molecule has 0 radical (unpaired) electrons. The first-order valence-electron chi connectivity index (χ1n) is 8.13. The van der Waals surface area contributed by atoms with Crippen LogP contribution in [-0.2, 0) is 6.54 Å². The van der Waals surface area contributed by atoms with Gasteiger partial charge in [0.2, 0.25) is 0 Å². The molecule has 134 valence electrons. The van der Waals surface area contributed by atoms with Crippen molar-refractivity contribution in [2.24, 2.45) is 0 Å². The lowest BCUT2D eigenvalue weighted by molar-refractivity contribution is 0.0985. The number of hydrogen-bond donors (Lipinski definition) is 0. The molecule has 0 aliphatic heterocycles. The van der Waals surface area contributed by atoms with Crippen molar-refractivity contribution < 1.29 is 4.79 Å². The molecule has 2 aromatic heterocycles. The summed E-state index contributed by atoms with van der Waals surface area (Å²) in [5.74, 6) is -0.105. The van der Waals surface area contributed by atoms with Gasteiger partial charge in [-0.25, -0.2) is 4.98 Å². The lowest BCUT2D eigenvalue weighted by atomic mass is 10.2. The van der Waals surface area contributed by atoms with Crippen LogP contribution < -0.4 is 4.90 Å². The molecule has 4 nitrogen and oxygen atoms in total. The first-order chi connectivity index (χ1) is 13.1. The van der Waals surface area contributed by atoms with E-state index in [9.17, 15) is 4.79 Å². The Morgan fingerprint density at radius 1 is 1.00 bits per heavy atom. The first-order valence-corrected chi connectivity index (χ1v) is 10.5. The molecule has 0 aliphatic rings. The van der Waals surface area contributed by atoms with Crippen LogP contribution in [0.4, 0.5) is 5.13 Å². The number of nitrogens with zero attached hydrogens (tertiary/aromatic N) is 3. The first kappa shape index (κ1) is 18.3. The largest absolute Gasteiger partial charge is 0.278 e. The fourth-order valence-electron chi connectivity index (χ4n) is 2.63. The summed E-state index contributed by atoms with van der Waals surface area (Å²) in [6, 6.07) is 18.9. The van der Waals surface area contributed by atoms with Crippen molar-refractivity contribution in [2.75, 3.05) is 4.90 Å². The van der Waals surface area contributed by atoms with E-state index in [1.165, 1.54) is 11.3 Å². The molecule has 7 heteroatoms. The minimum Gasteiger partial charge on any atom is -0.278 e. The smallest absolute Gasteiger partial charge is 0.260 e. The predicted octanol–water partition coefficient (Wildman–Crippen LogP) is 6.06. The van der Waals surface area contributed by atoms with Crippen LogP contribution in [0.15, 0.2) is 75.8 Å². The zero-order valence-electron chi connectivity index (χ0n) is 14.0. The minimum atomic E-state index is -0.105. The number of rotatable bonds is 4. The summed E-state index contributed by atoms with van der Waals surface area (Å²) in [6.07, 6.45) is 1.73. The molecule has 27 heavy (non-hydrogen) atoms. The second-order valence-corrected chi connectivity index (χ2v) is 8.67. The molecule has 2 aromatic carbocycles. The molecule has 0 atom stereocenters. The van der Waals surface area contributed by atoms with E-state index in [0.717, 1.165) is 24.9 Å². The molecule has 0 saturated heterocycles. The maximum Gasteiger partial charge on any atom is 0.260 e. The molecule has 0 spiro atoms. The topological polar surface area (TPSA) is 46.1 Å². The second kappa shape index (κ2) is 7.88.